The van der Waals surface area contributed by atoms with Crippen LogP contribution in [0.25, 0.3) is 0 Å². The minimum absolute atomic E-state index is 0.0380. The monoisotopic (exact) mass is 682 g/mol. The number of carbonyl (C=O) groups is 1. The lowest BCUT2D eigenvalue weighted by atomic mass is 10.0. The van der Waals surface area contributed by atoms with Crippen LogP contribution in [-0.4, -0.2) is 64.8 Å². The van der Waals surface area contributed by atoms with Crippen molar-refractivity contribution in [2.45, 2.75) is 109 Å². The third-order valence-corrected chi connectivity index (χ3v) is 20.5. The Morgan fingerprint density at radius 3 is 2.32 bits per heavy atom. The number of hydrogen-bond acceptors (Lipinski definition) is 9. The molecule has 0 radical (unpaired) electrons. The van der Waals surface area contributed by atoms with Crippen LogP contribution in [0, 0.1) is 22.7 Å². The van der Waals surface area contributed by atoms with E-state index in [-0.39, 0.29) is 65.0 Å². The van der Waals surface area contributed by atoms with Crippen LogP contribution in [0.2, 0.25) is 22.2 Å². The molecule has 2 saturated carbocycles. The van der Waals surface area contributed by atoms with Crippen molar-refractivity contribution in [3.8, 4) is 6.07 Å². The molecule has 1 spiro atoms. The van der Waals surface area contributed by atoms with Gasteiger partial charge in [-0.05, 0) is 52.7 Å². The average Bonchev–Trinajstić information content (AvgIpc) is 3.69. The molecule has 2 heterocycles. The smallest absolute Gasteiger partial charge is 0.349 e. The lowest BCUT2D eigenvalue weighted by Gasteiger charge is -2.52. The van der Waals surface area contributed by atoms with Crippen LogP contribution < -0.4 is 11.0 Å². The molecule has 47 heavy (non-hydrogen) atoms. The van der Waals surface area contributed by atoms with E-state index in [0.29, 0.717) is 12.2 Å². The molecule has 2 aromatic rings. The van der Waals surface area contributed by atoms with Gasteiger partial charge < -0.3 is 27.8 Å². The van der Waals surface area contributed by atoms with Crippen molar-refractivity contribution >= 4 is 28.8 Å². The third-order valence-electron chi connectivity index (χ3n) is 10.3. The number of amides is 1. The molecular weight excluding hydrogens is 633 g/mol. The summed E-state index contributed by atoms with van der Waals surface area (Å²) in [7, 11) is -5.74. The minimum Gasteiger partial charge on any atom is -0.414 e. The number of nitriles is 1. The van der Waals surface area contributed by atoms with Crippen LogP contribution in [0.4, 0.5) is 5.82 Å². The van der Waals surface area contributed by atoms with E-state index in [9.17, 15) is 9.59 Å². The number of benzene rings is 1. The van der Waals surface area contributed by atoms with Crippen molar-refractivity contribution in [2.75, 3.05) is 25.3 Å². The van der Waals surface area contributed by atoms with Crippen molar-refractivity contribution in [1.29, 1.82) is 5.26 Å². The fraction of sp³-hybridized carbons (Fsp3) is 0.647. The Hall–Kier alpha value is -2.71. The van der Waals surface area contributed by atoms with Gasteiger partial charge in [-0.2, -0.15) is 10.2 Å². The van der Waals surface area contributed by atoms with E-state index >= 15 is 0 Å². The molecule has 0 bridgehead atoms. The molecule has 1 amide bonds. The number of nitrogens with one attached hydrogen (secondary N) is 1. The van der Waals surface area contributed by atoms with Gasteiger partial charge in [0.25, 0.3) is 5.91 Å². The van der Waals surface area contributed by atoms with E-state index in [1.54, 1.807) is 41.1 Å². The Kier molecular flexibility index (Phi) is 10.6. The maximum Gasteiger partial charge on any atom is 0.349 e. The first-order valence-corrected chi connectivity index (χ1v) is 20.8. The van der Waals surface area contributed by atoms with Crippen LogP contribution in [-0.2, 0) is 22.4 Å². The van der Waals surface area contributed by atoms with Crippen molar-refractivity contribution < 1.29 is 27.2 Å². The van der Waals surface area contributed by atoms with Gasteiger partial charge in [-0.3, -0.25) is 9.36 Å². The van der Waals surface area contributed by atoms with Crippen LogP contribution in [0.15, 0.2) is 47.4 Å². The molecule has 2 aliphatic carbocycles. The number of rotatable bonds is 12. The number of carbonyl (C=O) groups excluding carboxylic acids is 1. The molecular formula is C34H50N4O7Si2. The second-order valence-electron chi connectivity index (χ2n) is 14.4. The number of hydrogen-bond donors (Lipinski definition) is 1. The van der Waals surface area contributed by atoms with E-state index in [0.717, 1.165) is 6.42 Å². The predicted molar refractivity (Wildman–Crippen MR) is 182 cm³/mol. The normalized spacial score (nSPS) is 27.6. The Morgan fingerprint density at radius 2 is 1.72 bits per heavy atom. The van der Waals surface area contributed by atoms with Crippen LogP contribution >= 0.6 is 0 Å². The van der Waals surface area contributed by atoms with E-state index in [4.69, 9.17) is 27.7 Å². The molecule has 1 N–H and O–H groups in total. The molecule has 1 aliphatic heterocycles. The molecule has 13 heteroatoms. The zero-order chi connectivity index (χ0) is 34.1. The standard InChI is InChI=1S/C34H50N4O7Si2/c1-22(2)46(23(3)4)43-20-34-19-27(34)29(38-17-15-28(37-33(38)40)36-32(39)26-13-10-9-11-14-26)30(42-21-41-18-12-16-35)31(34)44-47(45-46,24(5)6)25(7)8/h9-11,13-15,17,22-25,27,29-31H,12,18-21H2,1-8H3,(H,36,37,39,40)/t27-,29-,30+,31+,34+/m1/s1. The third kappa shape index (κ3) is 6.53. The van der Waals surface area contributed by atoms with Crippen LogP contribution in [0.1, 0.15) is 84.6 Å². The number of anilines is 1. The molecule has 3 fully saturated rings. The predicted octanol–water partition coefficient (Wildman–Crippen LogP) is 6.29. The Balaban J connectivity index is 1.53. The molecule has 5 rings (SSSR count). The van der Waals surface area contributed by atoms with Gasteiger partial charge >= 0.3 is 22.8 Å². The number of nitrogens with zero attached hydrogens (tertiary/aromatic N) is 3. The molecule has 1 aromatic carbocycles. The Labute approximate surface area is 280 Å². The summed E-state index contributed by atoms with van der Waals surface area (Å²) >= 11 is 0. The summed E-state index contributed by atoms with van der Waals surface area (Å²) in [6.45, 7) is 18.2. The zero-order valence-electron chi connectivity index (χ0n) is 28.9. The maximum absolute atomic E-state index is 13.7. The van der Waals surface area contributed by atoms with Gasteiger partial charge in [-0.15, -0.1) is 0 Å². The fourth-order valence-corrected chi connectivity index (χ4v) is 19.1. The lowest BCUT2D eigenvalue weighted by Crippen LogP contribution is -2.66. The maximum atomic E-state index is 13.7. The van der Waals surface area contributed by atoms with Crippen molar-refractivity contribution in [3.05, 3.63) is 58.6 Å². The van der Waals surface area contributed by atoms with Gasteiger partial charge in [0.1, 0.15) is 18.7 Å². The van der Waals surface area contributed by atoms with Crippen LogP contribution in [0.5, 0.6) is 0 Å². The quantitative estimate of drug-likeness (QED) is 0.156. The highest BCUT2D eigenvalue weighted by Gasteiger charge is 2.76. The van der Waals surface area contributed by atoms with E-state index in [1.807, 2.05) is 6.07 Å². The van der Waals surface area contributed by atoms with Gasteiger partial charge in [0.05, 0.1) is 31.2 Å². The van der Waals surface area contributed by atoms with Gasteiger partial charge in [0.2, 0.25) is 0 Å². The highest BCUT2D eigenvalue weighted by atomic mass is 28.5. The minimum atomic E-state index is -2.97. The molecule has 1 saturated heterocycles. The summed E-state index contributed by atoms with van der Waals surface area (Å²) in [6, 6.07) is 12.1. The van der Waals surface area contributed by atoms with Crippen molar-refractivity contribution in [3.63, 3.8) is 0 Å². The second-order valence-corrected chi connectivity index (χ2v) is 23.3. The zero-order valence-corrected chi connectivity index (χ0v) is 30.9. The van der Waals surface area contributed by atoms with E-state index < -0.39 is 41.1 Å². The highest BCUT2D eigenvalue weighted by molar-refractivity contribution is 6.84. The summed E-state index contributed by atoms with van der Waals surface area (Å²) in [5.41, 5.74) is 0.304. The van der Waals surface area contributed by atoms with Crippen molar-refractivity contribution in [2.24, 2.45) is 11.3 Å². The Morgan fingerprint density at radius 1 is 1.06 bits per heavy atom. The largest absolute Gasteiger partial charge is 0.414 e. The van der Waals surface area contributed by atoms with Crippen molar-refractivity contribution in [1.82, 2.24) is 9.55 Å². The van der Waals surface area contributed by atoms with Gasteiger partial charge in [0.15, 0.2) is 0 Å². The molecule has 0 unspecified atom stereocenters. The summed E-state index contributed by atoms with van der Waals surface area (Å²) < 4.78 is 35.8. The fourth-order valence-electron chi connectivity index (χ4n) is 7.79. The molecule has 3 aliphatic rings. The topological polar surface area (TPSA) is 134 Å². The highest BCUT2D eigenvalue weighted by Crippen LogP contribution is 2.70. The molecule has 5 atom stereocenters. The summed E-state index contributed by atoms with van der Waals surface area (Å²) in [4.78, 5) is 30.8. The molecule has 11 nitrogen and oxygen atoms in total. The summed E-state index contributed by atoms with van der Waals surface area (Å²) in [6.07, 6.45) is 1.80. The average molecular weight is 683 g/mol. The summed E-state index contributed by atoms with van der Waals surface area (Å²) in [5.74, 6) is -0.129. The van der Waals surface area contributed by atoms with Gasteiger partial charge in [-0.25, -0.2) is 4.79 Å². The van der Waals surface area contributed by atoms with E-state index in [2.05, 4.69) is 71.8 Å². The lowest BCUT2D eigenvalue weighted by molar-refractivity contribution is -0.142. The number of aromatic nitrogens is 2. The van der Waals surface area contributed by atoms with Gasteiger partial charge in [0, 0.05) is 23.8 Å². The Bertz CT molecular complexity index is 1500. The first-order valence-electron chi connectivity index (χ1n) is 16.9. The first kappa shape index (κ1) is 35.6. The number of ether oxygens (including phenoxy) is 2. The van der Waals surface area contributed by atoms with Gasteiger partial charge in [-0.1, -0.05) is 73.6 Å². The summed E-state index contributed by atoms with van der Waals surface area (Å²) in [5, 5.41) is 11.7. The first-order chi connectivity index (χ1) is 22.3. The van der Waals surface area contributed by atoms with E-state index in [1.165, 1.54) is 0 Å². The second kappa shape index (κ2) is 14.0. The molecule has 256 valence electrons. The van der Waals surface area contributed by atoms with Crippen LogP contribution in [0.3, 0.4) is 0 Å². The molecule has 1 aromatic heterocycles. The SMILES string of the molecule is CC(C)[Si]1(C(C)C)OC[C@@]23C[C@@H]2[C@@H](n2ccc(NC(=O)c4ccccc4)nc2=O)[C@H](OCOCCC#N)[C@@H]3O[Si](C(C)C)(C(C)C)O1.